The molecule has 3 rings (SSSR count). The van der Waals surface area contributed by atoms with Crippen molar-refractivity contribution >= 4 is 17.9 Å². The van der Waals surface area contributed by atoms with E-state index >= 15 is 0 Å². The van der Waals surface area contributed by atoms with Crippen molar-refractivity contribution < 1.29 is 9.90 Å². The van der Waals surface area contributed by atoms with Gasteiger partial charge < -0.3 is 5.11 Å². The number of hydrogen-bond donors (Lipinski definition) is 2. The van der Waals surface area contributed by atoms with Crippen LogP contribution in [0.5, 0.6) is 5.75 Å². The fraction of sp³-hybridized carbons (Fsp3) is 0.133. The van der Waals surface area contributed by atoms with Gasteiger partial charge >= 0.3 is 5.91 Å². The van der Waals surface area contributed by atoms with Gasteiger partial charge in [-0.1, -0.05) is 12.1 Å². The summed E-state index contributed by atoms with van der Waals surface area (Å²) in [5, 5.41) is 17.3. The predicted molar refractivity (Wildman–Crippen MR) is 83.4 cm³/mol. The summed E-state index contributed by atoms with van der Waals surface area (Å²) < 4.78 is 1.50. The Morgan fingerprint density at radius 3 is 2.91 bits per heavy atom. The Hall–Kier alpha value is -3.29. The van der Waals surface area contributed by atoms with Gasteiger partial charge in [0.1, 0.15) is 5.75 Å². The lowest BCUT2D eigenvalue weighted by atomic mass is 10.2. The number of phenolic OH excluding ortho intramolecular Hbond substituents is 1. The van der Waals surface area contributed by atoms with Gasteiger partial charge in [-0.25, -0.2) is 14.9 Å². The Kier molecular flexibility index (Phi) is 3.71. The third-order valence-electron chi connectivity index (χ3n) is 3.07. The van der Waals surface area contributed by atoms with Crippen LogP contribution in [-0.2, 0) is 0 Å². The average molecular weight is 310 g/mol. The number of fused-ring (bicyclic) bond motifs is 1. The van der Waals surface area contributed by atoms with E-state index in [1.165, 1.54) is 16.8 Å². The zero-order valence-electron chi connectivity index (χ0n) is 12.6. The molecule has 0 radical (unpaired) electrons. The first-order chi connectivity index (χ1) is 11.0. The minimum absolute atomic E-state index is 0.0146. The van der Waals surface area contributed by atoms with Gasteiger partial charge in [-0.15, -0.1) is 5.10 Å². The molecule has 0 aliphatic rings. The molecule has 3 aromatic rings. The fourth-order valence-electron chi connectivity index (χ4n) is 2.08. The van der Waals surface area contributed by atoms with Crippen LogP contribution >= 0.6 is 0 Å². The van der Waals surface area contributed by atoms with Gasteiger partial charge in [0.25, 0.3) is 5.78 Å². The van der Waals surface area contributed by atoms with Crippen LogP contribution in [0.15, 0.2) is 35.4 Å². The summed E-state index contributed by atoms with van der Waals surface area (Å²) in [6, 6.07) is 8.35. The molecule has 0 unspecified atom stereocenters. The molecular weight excluding hydrogens is 296 g/mol. The van der Waals surface area contributed by atoms with Gasteiger partial charge in [0.05, 0.1) is 6.21 Å². The van der Waals surface area contributed by atoms with Gasteiger partial charge in [0, 0.05) is 11.4 Å². The second kappa shape index (κ2) is 5.84. The zero-order chi connectivity index (χ0) is 16.4. The van der Waals surface area contributed by atoms with Crippen molar-refractivity contribution in [3.05, 3.63) is 53.1 Å². The van der Waals surface area contributed by atoms with Gasteiger partial charge in [0.2, 0.25) is 5.82 Å². The molecule has 0 aliphatic carbocycles. The molecule has 116 valence electrons. The molecule has 2 N–H and O–H groups in total. The van der Waals surface area contributed by atoms with E-state index in [4.69, 9.17) is 0 Å². The van der Waals surface area contributed by atoms with Crippen LogP contribution in [0.4, 0.5) is 0 Å². The predicted octanol–water partition coefficient (Wildman–Crippen LogP) is 1.21. The number of nitrogens with one attached hydrogen (secondary N) is 1. The number of aromatic nitrogens is 4. The molecule has 23 heavy (non-hydrogen) atoms. The van der Waals surface area contributed by atoms with E-state index in [2.05, 4.69) is 25.6 Å². The van der Waals surface area contributed by atoms with Gasteiger partial charge in [0.15, 0.2) is 0 Å². The Balaban J connectivity index is 1.77. The summed E-state index contributed by atoms with van der Waals surface area (Å²) in [6.45, 7) is 3.71. The standard InChI is InChI=1S/C15H14N6O2/c1-9-6-10(2)21-15(17-9)18-13(20-21)14(23)19-16-8-11-4-3-5-12(22)7-11/h3-8,22H,1-2H3,(H,19,23)/b16-8-. The number of carbonyl (C=O) groups is 1. The highest BCUT2D eigenvalue weighted by Gasteiger charge is 2.14. The van der Waals surface area contributed by atoms with Crippen LogP contribution in [0.1, 0.15) is 27.6 Å². The maximum Gasteiger partial charge on any atom is 0.311 e. The highest BCUT2D eigenvalue weighted by atomic mass is 16.3. The molecule has 0 saturated heterocycles. The van der Waals surface area contributed by atoms with E-state index < -0.39 is 5.91 Å². The molecule has 1 aromatic carbocycles. The van der Waals surface area contributed by atoms with E-state index in [0.29, 0.717) is 11.3 Å². The third-order valence-corrected chi connectivity index (χ3v) is 3.07. The smallest absolute Gasteiger partial charge is 0.311 e. The Labute approximate surface area is 131 Å². The van der Waals surface area contributed by atoms with Crippen LogP contribution in [-0.4, -0.2) is 36.8 Å². The van der Waals surface area contributed by atoms with E-state index in [-0.39, 0.29) is 11.6 Å². The summed E-state index contributed by atoms with van der Waals surface area (Å²) in [5.74, 6) is -0.0629. The molecular formula is C15H14N6O2. The van der Waals surface area contributed by atoms with Crippen LogP contribution in [0.3, 0.4) is 0 Å². The van der Waals surface area contributed by atoms with E-state index in [1.807, 2.05) is 19.9 Å². The van der Waals surface area contributed by atoms with E-state index in [1.54, 1.807) is 18.2 Å². The molecule has 1 amide bonds. The quantitative estimate of drug-likeness (QED) is 0.559. The van der Waals surface area contributed by atoms with Gasteiger partial charge in [-0.05, 0) is 37.6 Å². The number of hydrogen-bond acceptors (Lipinski definition) is 6. The van der Waals surface area contributed by atoms with Crippen LogP contribution in [0, 0.1) is 13.8 Å². The first kappa shape index (κ1) is 14.6. The third kappa shape index (κ3) is 3.15. The number of aryl methyl sites for hydroxylation is 2. The molecule has 8 heteroatoms. The average Bonchev–Trinajstić information content (AvgIpc) is 2.91. The Morgan fingerprint density at radius 1 is 1.30 bits per heavy atom. The lowest BCUT2D eigenvalue weighted by Crippen LogP contribution is -2.19. The number of aromatic hydroxyl groups is 1. The fourth-order valence-corrected chi connectivity index (χ4v) is 2.08. The Morgan fingerprint density at radius 2 is 2.13 bits per heavy atom. The van der Waals surface area contributed by atoms with Crippen LogP contribution < -0.4 is 5.43 Å². The summed E-state index contributed by atoms with van der Waals surface area (Å²) in [7, 11) is 0. The molecule has 0 saturated carbocycles. The van der Waals surface area contributed by atoms with Crippen LogP contribution in [0.2, 0.25) is 0 Å². The largest absolute Gasteiger partial charge is 0.508 e. The number of rotatable bonds is 3. The Bertz CT molecular complexity index is 915. The lowest BCUT2D eigenvalue weighted by molar-refractivity contribution is 0.0945. The SMILES string of the molecule is Cc1cc(C)n2nc(C(=O)N/N=C\c3cccc(O)c3)nc2n1. The maximum atomic E-state index is 12.0. The summed E-state index contributed by atoms with van der Waals surface area (Å²) in [5.41, 5.74) is 4.64. The normalized spacial score (nSPS) is 11.2. The molecule has 0 atom stereocenters. The molecule has 2 aromatic heterocycles. The summed E-state index contributed by atoms with van der Waals surface area (Å²) in [6.07, 6.45) is 1.42. The van der Waals surface area contributed by atoms with Gasteiger partial charge in [-0.2, -0.15) is 10.1 Å². The molecule has 0 fully saturated rings. The molecule has 8 nitrogen and oxygen atoms in total. The van der Waals surface area contributed by atoms with Crippen LogP contribution in [0.25, 0.3) is 5.78 Å². The zero-order valence-corrected chi connectivity index (χ0v) is 12.6. The van der Waals surface area contributed by atoms with Crippen molar-refractivity contribution in [3.8, 4) is 5.75 Å². The van der Waals surface area contributed by atoms with Crippen molar-refractivity contribution in [1.29, 1.82) is 0 Å². The molecule has 2 heterocycles. The first-order valence-electron chi connectivity index (χ1n) is 6.86. The van der Waals surface area contributed by atoms with Crippen molar-refractivity contribution in [2.75, 3.05) is 0 Å². The highest BCUT2D eigenvalue weighted by Crippen LogP contribution is 2.08. The molecule has 0 aliphatic heterocycles. The van der Waals surface area contributed by atoms with Crippen molar-refractivity contribution in [1.82, 2.24) is 25.0 Å². The molecule has 0 spiro atoms. The van der Waals surface area contributed by atoms with Crippen molar-refractivity contribution in [2.24, 2.45) is 5.10 Å². The second-order valence-electron chi connectivity index (χ2n) is 4.98. The number of amides is 1. The minimum atomic E-state index is -0.538. The number of carbonyl (C=O) groups excluding carboxylic acids is 1. The second-order valence-corrected chi connectivity index (χ2v) is 4.98. The number of hydrazone groups is 1. The molecule has 0 bridgehead atoms. The van der Waals surface area contributed by atoms with Crippen molar-refractivity contribution in [3.63, 3.8) is 0 Å². The highest BCUT2D eigenvalue weighted by molar-refractivity contribution is 5.91. The lowest BCUT2D eigenvalue weighted by Gasteiger charge is -1.97. The minimum Gasteiger partial charge on any atom is -0.508 e. The van der Waals surface area contributed by atoms with E-state index in [0.717, 1.165) is 11.4 Å². The number of benzene rings is 1. The topological polar surface area (TPSA) is 105 Å². The van der Waals surface area contributed by atoms with Crippen molar-refractivity contribution in [2.45, 2.75) is 13.8 Å². The summed E-state index contributed by atoms with van der Waals surface area (Å²) in [4.78, 5) is 20.3. The number of nitrogens with zero attached hydrogens (tertiary/aromatic N) is 5. The summed E-state index contributed by atoms with van der Waals surface area (Å²) >= 11 is 0. The number of phenols is 1. The first-order valence-corrected chi connectivity index (χ1v) is 6.86. The van der Waals surface area contributed by atoms with E-state index in [9.17, 15) is 9.90 Å². The maximum absolute atomic E-state index is 12.0. The monoisotopic (exact) mass is 310 g/mol. The van der Waals surface area contributed by atoms with Gasteiger partial charge in [-0.3, -0.25) is 4.79 Å².